The summed E-state index contributed by atoms with van der Waals surface area (Å²) in [6.45, 7) is 4.62. The molecule has 11 heteroatoms. The van der Waals surface area contributed by atoms with E-state index in [2.05, 4.69) is 5.32 Å². The normalized spacial score (nSPS) is 23.8. The van der Waals surface area contributed by atoms with Crippen molar-refractivity contribution in [1.29, 1.82) is 0 Å². The van der Waals surface area contributed by atoms with Gasteiger partial charge < -0.3 is 24.5 Å². The number of hydrogen-bond donors (Lipinski definition) is 2. The molecule has 2 N–H and O–H groups in total. The van der Waals surface area contributed by atoms with Crippen molar-refractivity contribution in [3.05, 3.63) is 0 Å². The van der Waals surface area contributed by atoms with Gasteiger partial charge in [0.15, 0.2) is 0 Å². The third kappa shape index (κ3) is 12.5. The van der Waals surface area contributed by atoms with Gasteiger partial charge in [0, 0.05) is 25.4 Å². The Hall–Kier alpha value is -0.765. The lowest BCUT2D eigenvalue weighted by Gasteiger charge is -2.22. The molecule has 0 aromatic rings. The third-order valence-electron chi connectivity index (χ3n) is 4.23. The number of unbranched alkanes of at least 4 members (excludes halogenated alkanes) is 3. The van der Waals surface area contributed by atoms with E-state index in [0.717, 1.165) is 25.5 Å². The number of phosphoric acid groups is 1. The summed E-state index contributed by atoms with van der Waals surface area (Å²) >= 11 is 0. The molecule has 1 rings (SSSR count). The Morgan fingerprint density at radius 3 is 2.76 bits per heavy atom. The van der Waals surface area contributed by atoms with E-state index in [9.17, 15) is 19.0 Å². The number of amides is 1. The summed E-state index contributed by atoms with van der Waals surface area (Å²) in [5, 5.41) is 2.73. The maximum atomic E-state index is 12.2. The van der Waals surface area contributed by atoms with Crippen LogP contribution in [0.1, 0.15) is 58.8 Å². The topological polar surface area (TPSA) is 120 Å². The zero-order valence-corrected chi connectivity index (χ0v) is 18.2. The summed E-state index contributed by atoms with van der Waals surface area (Å²) in [5.74, 6) is -0.133. The molecule has 1 heterocycles. The van der Waals surface area contributed by atoms with E-state index >= 15 is 0 Å². The number of phosphoric ester groups is 1. The Morgan fingerprint density at radius 2 is 2.07 bits per heavy atom. The molecule has 1 saturated heterocycles. The Bertz CT molecular complexity index is 536. The van der Waals surface area contributed by atoms with Crippen LogP contribution in [0.4, 0.5) is 0 Å². The quantitative estimate of drug-likeness (QED) is 0.164. The predicted octanol–water partition coefficient (Wildman–Crippen LogP) is 1.85. The van der Waals surface area contributed by atoms with E-state index in [1.165, 1.54) is 0 Å². The second-order valence-corrected chi connectivity index (χ2v) is 8.65. The molecular formula is C18H33BNO8P. The highest BCUT2D eigenvalue weighted by Gasteiger charge is 2.39. The molecule has 4 atom stereocenters. The van der Waals surface area contributed by atoms with Crippen molar-refractivity contribution in [1.82, 2.24) is 5.32 Å². The second-order valence-electron chi connectivity index (χ2n) is 7.25. The Morgan fingerprint density at radius 1 is 1.34 bits per heavy atom. The minimum Gasteiger partial charge on any atom is -0.380 e. The van der Waals surface area contributed by atoms with Crippen molar-refractivity contribution in [2.24, 2.45) is 0 Å². The standard InChI is InChI=1S/C18H33BNO8P/c1-14(2)25-13-16-15(12-17(19)27-16)28-29(23,24)26-11-6-4-3-5-9-20-18(22)8-7-10-21/h10,14-17H,3-9,11-13H2,1-2H3,(H,20,22)(H,23,24). The van der Waals surface area contributed by atoms with Crippen LogP contribution in [0.15, 0.2) is 0 Å². The van der Waals surface area contributed by atoms with E-state index in [4.69, 9.17) is 26.4 Å². The van der Waals surface area contributed by atoms with Crippen molar-refractivity contribution in [2.75, 3.05) is 19.8 Å². The number of hydrogen-bond acceptors (Lipinski definition) is 7. The van der Waals surface area contributed by atoms with Crippen LogP contribution >= 0.6 is 7.82 Å². The number of carbonyl (C=O) groups is 2. The molecule has 1 fully saturated rings. The molecule has 0 saturated carbocycles. The van der Waals surface area contributed by atoms with E-state index < -0.39 is 26.0 Å². The fourth-order valence-corrected chi connectivity index (χ4v) is 3.75. The number of ether oxygens (including phenoxy) is 2. The molecule has 0 spiro atoms. The first-order valence-electron chi connectivity index (χ1n) is 10.1. The molecule has 2 radical (unpaired) electrons. The smallest absolute Gasteiger partial charge is 0.380 e. The van der Waals surface area contributed by atoms with Gasteiger partial charge in [0.25, 0.3) is 0 Å². The SMILES string of the molecule is [B]C1CC(OP(=O)(O)OCCCCCCNC(=O)CCC=O)C(COC(C)C)O1. The minimum absolute atomic E-state index is 0.00193. The molecular weight excluding hydrogens is 400 g/mol. The summed E-state index contributed by atoms with van der Waals surface area (Å²) in [4.78, 5) is 31.4. The molecule has 4 unspecified atom stereocenters. The van der Waals surface area contributed by atoms with Crippen LogP contribution in [0.25, 0.3) is 0 Å². The van der Waals surface area contributed by atoms with Crippen LogP contribution < -0.4 is 5.32 Å². The molecule has 166 valence electrons. The van der Waals surface area contributed by atoms with Crippen LogP contribution in [0.3, 0.4) is 0 Å². The average molecular weight is 433 g/mol. The predicted molar refractivity (Wildman–Crippen MR) is 108 cm³/mol. The van der Waals surface area contributed by atoms with Gasteiger partial charge in [0.2, 0.25) is 5.91 Å². The van der Waals surface area contributed by atoms with Crippen molar-refractivity contribution in [3.63, 3.8) is 0 Å². The fourth-order valence-electron chi connectivity index (χ4n) is 2.76. The van der Waals surface area contributed by atoms with Crippen LogP contribution in [0, 0.1) is 0 Å². The zero-order chi connectivity index (χ0) is 21.7. The Labute approximate surface area is 174 Å². The van der Waals surface area contributed by atoms with E-state index in [0.29, 0.717) is 19.4 Å². The van der Waals surface area contributed by atoms with Gasteiger partial charge in [-0.25, -0.2) is 4.57 Å². The Kier molecular flexibility index (Phi) is 12.9. The zero-order valence-electron chi connectivity index (χ0n) is 17.3. The second kappa shape index (κ2) is 14.3. The fraction of sp³-hybridized carbons (Fsp3) is 0.889. The van der Waals surface area contributed by atoms with Crippen LogP contribution in [0.2, 0.25) is 0 Å². The monoisotopic (exact) mass is 433 g/mol. The van der Waals surface area contributed by atoms with Gasteiger partial charge in [0.1, 0.15) is 20.2 Å². The molecule has 0 aromatic carbocycles. The highest BCUT2D eigenvalue weighted by Crippen LogP contribution is 2.47. The molecule has 0 bridgehead atoms. The van der Waals surface area contributed by atoms with Crippen LogP contribution in [-0.2, 0) is 32.7 Å². The lowest BCUT2D eigenvalue weighted by atomic mass is 9.96. The van der Waals surface area contributed by atoms with Crippen molar-refractivity contribution >= 4 is 27.9 Å². The average Bonchev–Trinajstić information content (AvgIpc) is 2.98. The highest BCUT2D eigenvalue weighted by atomic mass is 31.2. The van der Waals surface area contributed by atoms with Gasteiger partial charge in [-0.1, -0.05) is 12.8 Å². The molecule has 1 aliphatic heterocycles. The summed E-state index contributed by atoms with van der Waals surface area (Å²) < 4.78 is 33.4. The molecule has 1 aliphatic rings. The van der Waals surface area contributed by atoms with Gasteiger partial charge in [-0.2, -0.15) is 0 Å². The van der Waals surface area contributed by atoms with E-state index in [-0.39, 0.29) is 38.1 Å². The lowest BCUT2D eigenvalue weighted by Crippen LogP contribution is -2.30. The van der Waals surface area contributed by atoms with Gasteiger partial charge in [0.05, 0.1) is 25.4 Å². The van der Waals surface area contributed by atoms with E-state index in [1.54, 1.807) is 0 Å². The molecule has 0 aromatic heterocycles. The molecule has 9 nitrogen and oxygen atoms in total. The number of aldehydes is 1. The summed E-state index contributed by atoms with van der Waals surface area (Å²) in [6.07, 6.45) is 3.28. The summed E-state index contributed by atoms with van der Waals surface area (Å²) in [6, 6.07) is -0.570. The maximum absolute atomic E-state index is 12.2. The first-order valence-corrected chi connectivity index (χ1v) is 11.6. The van der Waals surface area contributed by atoms with Gasteiger partial charge in [-0.3, -0.25) is 13.8 Å². The van der Waals surface area contributed by atoms with Crippen molar-refractivity contribution in [3.8, 4) is 0 Å². The van der Waals surface area contributed by atoms with Gasteiger partial charge in [-0.15, -0.1) is 0 Å². The number of rotatable bonds is 16. The maximum Gasteiger partial charge on any atom is 0.472 e. The van der Waals surface area contributed by atoms with Crippen LogP contribution in [-0.4, -0.2) is 69.0 Å². The molecule has 0 aliphatic carbocycles. The van der Waals surface area contributed by atoms with Crippen LogP contribution in [0.5, 0.6) is 0 Å². The van der Waals surface area contributed by atoms with Crippen molar-refractivity contribution < 1.29 is 37.6 Å². The lowest BCUT2D eigenvalue weighted by molar-refractivity contribution is -0.122. The summed E-state index contributed by atoms with van der Waals surface area (Å²) in [7, 11) is 1.54. The minimum atomic E-state index is -4.21. The highest BCUT2D eigenvalue weighted by molar-refractivity contribution is 7.47. The number of nitrogens with one attached hydrogen (secondary N) is 1. The first-order chi connectivity index (χ1) is 13.7. The van der Waals surface area contributed by atoms with E-state index in [1.807, 2.05) is 13.8 Å². The van der Waals surface area contributed by atoms with Gasteiger partial charge in [-0.05, 0) is 33.1 Å². The van der Waals surface area contributed by atoms with Gasteiger partial charge >= 0.3 is 7.82 Å². The largest absolute Gasteiger partial charge is 0.472 e. The molecule has 29 heavy (non-hydrogen) atoms. The molecule has 1 amide bonds. The Balaban J connectivity index is 2.16. The first kappa shape index (κ1) is 26.3. The number of carbonyl (C=O) groups excluding carboxylic acids is 2. The summed E-state index contributed by atoms with van der Waals surface area (Å²) in [5.41, 5.74) is 0. The third-order valence-corrected chi connectivity index (χ3v) is 5.27. The van der Waals surface area contributed by atoms with Crippen molar-refractivity contribution in [2.45, 2.75) is 83.1 Å².